The Morgan fingerprint density at radius 3 is 2.59 bits per heavy atom. The zero-order valence-corrected chi connectivity index (χ0v) is 14.1. The lowest BCUT2D eigenvalue weighted by atomic mass is 10.2. The van der Waals surface area contributed by atoms with E-state index >= 15 is 0 Å². The lowest BCUT2D eigenvalue weighted by Gasteiger charge is -2.09. The standard InChI is InChI=1S/C13H13BrN2O5S/c1-8-10(5-6-21-8)13(17)15-16-22(18,19)9-3-4-12(20-2)11(14)7-9/h3-7,16H,1-2H3,(H,15,17). The molecule has 0 atom stereocenters. The molecule has 0 saturated heterocycles. The molecule has 1 heterocycles. The Balaban J connectivity index is 2.13. The van der Waals surface area contributed by atoms with Crippen LogP contribution in [0.3, 0.4) is 0 Å². The summed E-state index contributed by atoms with van der Waals surface area (Å²) in [6.45, 7) is 1.60. The fraction of sp³-hybridized carbons (Fsp3) is 0.154. The molecule has 0 spiro atoms. The molecule has 0 bridgehead atoms. The average molecular weight is 389 g/mol. The van der Waals surface area contributed by atoms with Crippen LogP contribution in [0.15, 0.2) is 44.3 Å². The maximum absolute atomic E-state index is 12.1. The number of rotatable bonds is 5. The minimum absolute atomic E-state index is 0.0237. The molecule has 0 unspecified atom stereocenters. The Labute approximate surface area is 135 Å². The minimum atomic E-state index is -3.90. The molecular weight excluding hydrogens is 376 g/mol. The molecule has 7 nitrogen and oxygen atoms in total. The van der Waals surface area contributed by atoms with Gasteiger partial charge in [-0.2, -0.15) is 0 Å². The zero-order valence-electron chi connectivity index (χ0n) is 11.7. The van der Waals surface area contributed by atoms with Crippen molar-refractivity contribution >= 4 is 31.9 Å². The molecule has 0 fully saturated rings. The largest absolute Gasteiger partial charge is 0.496 e. The predicted octanol–water partition coefficient (Wildman–Crippen LogP) is 1.98. The van der Waals surface area contributed by atoms with Gasteiger partial charge in [0.25, 0.3) is 15.9 Å². The summed E-state index contributed by atoms with van der Waals surface area (Å²) in [4.78, 5) is 13.8. The van der Waals surface area contributed by atoms with Gasteiger partial charge in [-0.1, -0.05) is 0 Å². The van der Waals surface area contributed by atoms with Crippen LogP contribution in [-0.4, -0.2) is 21.4 Å². The van der Waals surface area contributed by atoms with Crippen LogP contribution in [0.2, 0.25) is 0 Å². The molecular formula is C13H13BrN2O5S. The fourth-order valence-corrected chi connectivity index (χ4v) is 3.23. The summed E-state index contributed by atoms with van der Waals surface area (Å²) in [5, 5.41) is 0. The molecule has 1 amide bonds. The molecule has 0 aliphatic rings. The Hall–Kier alpha value is -1.84. The van der Waals surface area contributed by atoms with Gasteiger partial charge in [0, 0.05) is 0 Å². The second kappa shape index (κ2) is 6.51. The van der Waals surface area contributed by atoms with Crippen molar-refractivity contribution in [3.05, 3.63) is 46.3 Å². The van der Waals surface area contributed by atoms with Crippen LogP contribution in [0.4, 0.5) is 0 Å². The van der Waals surface area contributed by atoms with Crippen molar-refractivity contribution in [2.45, 2.75) is 11.8 Å². The number of furan rings is 1. The summed E-state index contributed by atoms with van der Waals surface area (Å²) in [5.41, 5.74) is 2.38. The lowest BCUT2D eigenvalue weighted by Crippen LogP contribution is -2.41. The minimum Gasteiger partial charge on any atom is -0.496 e. The monoisotopic (exact) mass is 388 g/mol. The molecule has 2 aromatic rings. The van der Waals surface area contributed by atoms with Crippen LogP contribution in [0.25, 0.3) is 0 Å². The Morgan fingerprint density at radius 1 is 1.32 bits per heavy atom. The molecule has 1 aromatic heterocycles. The first kappa shape index (κ1) is 16.5. The number of aryl methyl sites for hydroxylation is 1. The summed E-state index contributed by atoms with van der Waals surface area (Å²) >= 11 is 3.20. The maximum atomic E-state index is 12.1. The van der Waals surface area contributed by atoms with Crippen molar-refractivity contribution in [2.24, 2.45) is 0 Å². The van der Waals surface area contributed by atoms with Crippen LogP contribution in [0.1, 0.15) is 16.1 Å². The number of carbonyl (C=O) groups is 1. The van der Waals surface area contributed by atoms with Crippen LogP contribution >= 0.6 is 15.9 Å². The van der Waals surface area contributed by atoms with Gasteiger partial charge in [0.1, 0.15) is 11.5 Å². The first-order valence-corrected chi connectivity index (χ1v) is 8.32. The molecule has 9 heteroatoms. The van der Waals surface area contributed by atoms with Crippen molar-refractivity contribution in [3.8, 4) is 5.75 Å². The predicted molar refractivity (Wildman–Crippen MR) is 81.9 cm³/mol. The second-order valence-corrected chi connectivity index (χ2v) is 6.78. The summed E-state index contributed by atoms with van der Waals surface area (Å²) < 4.78 is 34.8. The number of hydrazine groups is 1. The van der Waals surface area contributed by atoms with E-state index < -0.39 is 15.9 Å². The van der Waals surface area contributed by atoms with Crippen LogP contribution in [-0.2, 0) is 10.0 Å². The van der Waals surface area contributed by atoms with Gasteiger partial charge >= 0.3 is 0 Å². The van der Waals surface area contributed by atoms with Crippen molar-refractivity contribution in [2.75, 3.05) is 7.11 Å². The molecule has 0 aliphatic carbocycles. The van der Waals surface area contributed by atoms with E-state index in [2.05, 4.69) is 21.4 Å². The highest BCUT2D eigenvalue weighted by molar-refractivity contribution is 9.10. The number of hydrogen-bond acceptors (Lipinski definition) is 5. The van der Waals surface area contributed by atoms with Crippen LogP contribution in [0, 0.1) is 6.92 Å². The van der Waals surface area contributed by atoms with Crippen molar-refractivity contribution in [1.82, 2.24) is 10.3 Å². The van der Waals surface area contributed by atoms with Gasteiger partial charge in [0.2, 0.25) is 0 Å². The van der Waals surface area contributed by atoms with Gasteiger partial charge in [-0.05, 0) is 47.1 Å². The average Bonchev–Trinajstić information content (AvgIpc) is 2.91. The number of amides is 1. The Kier molecular flexibility index (Phi) is 4.89. The highest BCUT2D eigenvalue weighted by Crippen LogP contribution is 2.27. The summed E-state index contributed by atoms with van der Waals surface area (Å²) in [5.74, 6) is 0.281. The molecule has 1 aromatic carbocycles. The second-order valence-electron chi connectivity index (χ2n) is 4.25. The highest BCUT2D eigenvalue weighted by atomic mass is 79.9. The van der Waals surface area contributed by atoms with Gasteiger partial charge in [0.05, 0.1) is 28.3 Å². The summed E-state index contributed by atoms with van der Waals surface area (Å²) in [6.07, 6.45) is 1.35. The van der Waals surface area contributed by atoms with Gasteiger partial charge < -0.3 is 9.15 Å². The summed E-state index contributed by atoms with van der Waals surface area (Å²) in [7, 11) is -2.43. The third-order valence-electron chi connectivity index (χ3n) is 2.84. The van der Waals surface area contributed by atoms with E-state index in [9.17, 15) is 13.2 Å². The van der Waals surface area contributed by atoms with Crippen molar-refractivity contribution in [3.63, 3.8) is 0 Å². The normalized spacial score (nSPS) is 11.2. The van der Waals surface area contributed by atoms with Gasteiger partial charge in [-0.3, -0.25) is 10.2 Å². The van der Waals surface area contributed by atoms with E-state index in [1.165, 1.54) is 37.6 Å². The topological polar surface area (TPSA) is 97.6 Å². The van der Waals surface area contributed by atoms with E-state index in [0.29, 0.717) is 16.0 Å². The number of ether oxygens (including phenoxy) is 1. The van der Waals surface area contributed by atoms with Crippen LogP contribution in [0.5, 0.6) is 5.75 Å². The molecule has 2 N–H and O–H groups in total. The van der Waals surface area contributed by atoms with E-state index in [4.69, 9.17) is 9.15 Å². The van der Waals surface area contributed by atoms with Crippen molar-refractivity contribution < 1.29 is 22.4 Å². The molecule has 0 saturated carbocycles. The van der Waals surface area contributed by atoms with Crippen molar-refractivity contribution in [1.29, 1.82) is 0 Å². The number of carbonyl (C=O) groups excluding carboxylic acids is 1. The number of halogens is 1. The Bertz CT molecular complexity index is 801. The number of hydrogen-bond donors (Lipinski definition) is 2. The first-order chi connectivity index (χ1) is 10.3. The molecule has 0 radical (unpaired) electrons. The van der Waals surface area contributed by atoms with E-state index in [1.807, 2.05) is 4.83 Å². The van der Waals surface area contributed by atoms with Gasteiger partial charge in [-0.25, -0.2) is 8.42 Å². The Morgan fingerprint density at radius 2 is 2.05 bits per heavy atom. The van der Waals surface area contributed by atoms with E-state index in [0.717, 1.165) is 0 Å². The van der Waals surface area contributed by atoms with Gasteiger partial charge in [-0.15, -0.1) is 4.83 Å². The van der Waals surface area contributed by atoms with E-state index in [-0.39, 0.29) is 10.5 Å². The smallest absolute Gasteiger partial charge is 0.269 e. The third-order valence-corrected chi connectivity index (χ3v) is 4.70. The number of benzene rings is 1. The SMILES string of the molecule is COc1ccc(S(=O)(=O)NNC(=O)c2ccoc2C)cc1Br. The molecule has 118 valence electrons. The third kappa shape index (κ3) is 3.49. The summed E-state index contributed by atoms with van der Waals surface area (Å²) in [6, 6.07) is 5.68. The van der Waals surface area contributed by atoms with E-state index in [1.54, 1.807) is 6.92 Å². The lowest BCUT2D eigenvalue weighted by molar-refractivity contribution is 0.0943. The quantitative estimate of drug-likeness (QED) is 0.763. The molecule has 0 aliphatic heterocycles. The zero-order chi connectivity index (χ0) is 16.3. The highest BCUT2D eigenvalue weighted by Gasteiger charge is 2.18. The maximum Gasteiger partial charge on any atom is 0.269 e. The molecule has 2 rings (SSSR count). The number of sulfonamides is 1. The fourth-order valence-electron chi connectivity index (χ4n) is 1.67. The number of nitrogens with one attached hydrogen (secondary N) is 2. The first-order valence-electron chi connectivity index (χ1n) is 6.05. The van der Waals surface area contributed by atoms with Crippen LogP contribution < -0.4 is 15.0 Å². The molecule has 22 heavy (non-hydrogen) atoms. The number of methoxy groups -OCH3 is 1. The van der Waals surface area contributed by atoms with Gasteiger partial charge in [0.15, 0.2) is 0 Å².